The highest BCUT2D eigenvalue weighted by Crippen LogP contribution is 2.07. The summed E-state index contributed by atoms with van der Waals surface area (Å²) in [4.78, 5) is 2.49. The smallest absolute Gasteiger partial charge is 0.0524 e. The van der Waals surface area contributed by atoms with E-state index in [-0.39, 0.29) is 0 Å². The van der Waals surface area contributed by atoms with E-state index in [0.717, 1.165) is 32.7 Å². The molecule has 84 valence electrons. The van der Waals surface area contributed by atoms with Gasteiger partial charge < -0.3 is 5.32 Å². The zero-order chi connectivity index (χ0) is 10.7. The van der Waals surface area contributed by atoms with Gasteiger partial charge in [-0.15, -0.1) is 0 Å². The molecule has 0 aliphatic carbocycles. The van der Waals surface area contributed by atoms with Crippen LogP contribution in [0.3, 0.4) is 0 Å². The summed E-state index contributed by atoms with van der Waals surface area (Å²) in [6.07, 6.45) is 1.89. The summed E-state index contributed by atoms with van der Waals surface area (Å²) in [5.74, 6) is 0. The Hall–Kier alpha value is -0.870. The number of nitrogens with zero attached hydrogens (tertiary/aromatic N) is 3. The third-order valence-corrected chi connectivity index (χ3v) is 2.94. The molecule has 0 bridgehead atoms. The van der Waals surface area contributed by atoms with Crippen molar-refractivity contribution in [1.29, 1.82) is 0 Å². The summed E-state index contributed by atoms with van der Waals surface area (Å²) in [5, 5.41) is 7.75. The van der Waals surface area contributed by atoms with E-state index in [9.17, 15) is 0 Å². The SMILES string of the molecule is CCn1nccc1CN1CCN[C@H](C)C1. The largest absolute Gasteiger partial charge is 0.312 e. The molecule has 0 saturated carbocycles. The number of aryl methyl sites for hydroxylation is 1. The van der Waals surface area contributed by atoms with Gasteiger partial charge in [0.2, 0.25) is 0 Å². The van der Waals surface area contributed by atoms with Gasteiger partial charge in [0, 0.05) is 45.0 Å². The zero-order valence-corrected chi connectivity index (χ0v) is 9.61. The van der Waals surface area contributed by atoms with Crippen molar-refractivity contribution in [3.8, 4) is 0 Å². The van der Waals surface area contributed by atoms with Gasteiger partial charge in [0.25, 0.3) is 0 Å². The molecule has 1 aliphatic heterocycles. The first kappa shape index (κ1) is 10.6. The predicted octanol–water partition coefficient (Wildman–Crippen LogP) is 0.697. The number of piperazine rings is 1. The maximum atomic E-state index is 4.29. The van der Waals surface area contributed by atoms with Crippen LogP contribution < -0.4 is 5.32 Å². The van der Waals surface area contributed by atoms with Crippen molar-refractivity contribution in [1.82, 2.24) is 20.0 Å². The van der Waals surface area contributed by atoms with Gasteiger partial charge in [-0.3, -0.25) is 9.58 Å². The number of nitrogens with one attached hydrogen (secondary N) is 1. The minimum atomic E-state index is 0.608. The Morgan fingerprint density at radius 3 is 3.20 bits per heavy atom. The fourth-order valence-corrected chi connectivity index (χ4v) is 2.16. The summed E-state index contributed by atoms with van der Waals surface area (Å²) in [6, 6.07) is 2.73. The first-order chi connectivity index (χ1) is 7.29. The van der Waals surface area contributed by atoms with Crippen molar-refractivity contribution in [3.63, 3.8) is 0 Å². The lowest BCUT2D eigenvalue weighted by molar-refractivity contribution is 0.194. The summed E-state index contributed by atoms with van der Waals surface area (Å²) >= 11 is 0. The maximum absolute atomic E-state index is 4.29. The normalized spacial score (nSPS) is 23.2. The summed E-state index contributed by atoms with van der Waals surface area (Å²) < 4.78 is 2.08. The van der Waals surface area contributed by atoms with Gasteiger partial charge in [-0.1, -0.05) is 0 Å². The second-order valence-corrected chi connectivity index (χ2v) is 4.23. The predicted molar refractivity (Wildman–Crippen MR) is 60.6 cm³/mol. The van der Waals surface area contributed by atoms with Crippen molar-refractivity contribution in [3.05, 3.63) is 18.0 Å². The van der Waals surface area contributed by atoms with Crippen molar-refractivity contribution < 1.29 is 0 Å². The topological polar surface area (TPSA) is 33.1 Å². The molecule has 0 amide bonds. The van der Waals surface area contributed by atoms with E-state index in [4.69, 9.17) is 0 Å². The maximum Gasteiger partial charge on any atom is 0.0524 e. The third kappa shape index (κ3) is 2.58. The van der Waals surface area contributed by atoms with Crippen LogP contribution in [0.2, 0.25) is 0 Å². The minimum Gasteiger partial charge on any atom is -0.312 e. The quantitative estimate of drug-likeness (QED) is 0.793. The Morgan fingerprint density at radius 1 is 1.60 bits per heavy atom. The van der Waals surface area contributed by atoms with Gasteiger partial charge in [-0.25, -0.2) is 0 Å². The summed E-state index contributed by atoms with van der Waals surface area (Å²) in [6.45, 7) is 9.74. The van der Waals surface area contributed by atoms with E-state index < -0.39 is 0 Å². The summed E-state index contributed by atoms with van der Waals surface area (Å²) in [7, 11) is 0. The fraction of sp³-hybridized carbons (Fsp3) is 0.727. The molecule has 4 heteroatoms. The number of hydrogen-bond donors (Lipinski definition) is 1. The molecule has 1 saturated heterocycles. The highest BCUT2D eigenvalue weighted by Gasteiger charge is 2.16. The Labute approximate surface area is 91.3 Å². The molecule has 0 aromatic carbocycles. The standard InChI is InChI=1S/C11H20N4/c1-3-15-11(4-5-13-15)9-14-7-6-12-10(2)8-14/h4-5,10,12H,3,6-9H2,1-2H3/t10-/m1/s1. The van der Waals surface area contributed by atoms with Gasteiger partial charge >= 0.3 is 0 Å². The molecule has 1 aliphatic rings. The lowest BCUT2D eigenvalue weighted by Gasteiger charge is -2.31. The van der Waals surface area contributed by atoms with Gasteiger partial charge in [-0.2, -0.15) is 5.10 Å². The Balaban J connectivity index is 1.96. The van der Waals surface area contributed by atoms with Crippen LogP contribution in [0, 0.1) is 0 Å². The average Bonchev–Trinajstić information content (AvgIpc) is 2.65. The van der Waals surface area contributed by atoms with Crippen LogP contribution in [0.4, 0.5) is 0 Å². The van der Waals surface area contributed by atoms with Gasteiger partial charge in [0.15, 0.2) is 0 Å². The second-order valence-electron chi connectivity index (χ2n) is 4.23. The molecule has 1 aromatic heterocycles. The van der Waals surface area contributed by atoms with E-state index in [1.54, 1.807) is 0 Å². The van der Waals surface area contributed by atoms with E-state index in [2.05, 4.69) is 39.9 Å². The highest BCUT2D eigenvalue weighted by atomic mass is 15.3. The highest BCUT2D eigenvalue weighted by molar-refractivity contribution is 5.00. The molecule has 1 atom stereocenters. The van der Waals surface area contributed by atoms with Crippen LogP contribution in [0.1, 0.15) is 19.5 Å². The lowest BCUT2D eigenvalue weighted by atomic mass is 10.2. The average molecular weight is 208 g/mol. The molecule has 1 fully saturated rings. The molecule has 0 radical (unpaired) electrons. The molecule has 4 nitrogen and oxygen atoms in total. The Bertz CT molecular complexity index is 307. The van der Waals surface area contributed by atoms with Crippen molar-refractivity contribution in [2.24, 2.45) is 0 Å². The van der Waals surface area contributed by atoms with Gasteiger partial charge in [0.05, 0.1) is 5.69 Å². The molecule has 1 N–H and O–H groups in total. The number of hydrogen-bond acceptors (Lipinski definition) is 3. The van der Waals surface area contributed by atoms with Crippen molar-refractivity contribution in [2.45, 2.75) is 33.0 Å². The van der Waals surface area contributed by atoms with E-state index in [1.807, 2.05) is 6.20 Å². The minimum absolute atomic E-state index is 0.608. The van der Waals surface area contributed by atoms with E-state index in [1.165, 1.54) is 5.69 Å². The number of aromatic nitrogens is 2. The van der Waals surface area contributed by atoms with Crippen LogP contribution >= 0.6 is 0 Å². The monoisotopic (exact) mass is 208 g/mol. The van der Waals surface area contributed by atoms with E-state index in [0.29, 0.717) is 6.04 Å². The molecule has 0 spiro atoms. The van der Waals surface area contributed by atoms with Crippen molar-refractivity contribution >= 4 is 0 Å². The second kappa shape index (κ2) is 4.77. The van der Waals surface area contributed by atoms with Crippen LogP contribution in [-0.4, -0.2) is 40.4 Å². The van der Waals surface area contributed by atoms with Crippen LogP contribution in [0.5, 0.6) is 0 Å². The van der Waals surface area contributed by atoms with Crippen molar-refractivity contribution in [2.75, 3.05) is 19.6 Å². The lowest BCUT2D eigenvalue weighted by Crippen LogP contribution is -2.48. The van der Waals surface area contributed by atoms with Crippen LogP contribution in [0.15, 0.2) is 12.3 Å². The molecular formula is C11H20N4. The third-order valence-electron chi connectivity index (χ3n) is 2.94. The van der Waals surface area contributed by atoms with E-state index >= 15 is 0 Å². The first-order valence-electron chi connectivity index (χ1n) is 5.76. The van der Waals surface area contributed by atoms with Gasteiger partial charge in [0.1, 0.15) is 0 Å². The van der Waals surface area contributed by atoms with Crippen LogP contribution in [0.25, 0.3) is 0 Å². The zero-order valence-electron chi connectivity index (χ0n) is 9.61. The van der Waals surface area contributed by atoms with Gasteiger partial charge in [-0.05, 0) is 19.9 Å². The molecular weight excluding hydrogens is 188 g/mol. The Morgan fingerprint density at radius 2 is 2.47 bits per heavy atom. The molecule has 2 rings (SSSR count). The molecule has 15 heavy (non-hydrogen) atoms. The first-order valence-corrected chi connectivity index (χ1v) is 5.76. The fourth-order valence-electron chi connectivity index (χ4n) is 2.16. The molecule has 1 aromatic rings. The Kier molecular flexibility index (Phi) is 3.38. The van der Waals surface area contributed by atoms with Crippen LogP contribution in [-0.2, 0) is 13.1 Å². The summed E-state index contributed by atoms with van der Waals surface area (Å²) in [5.41, 5.74) is 1.33. The molecule has 0 unspecified atom stereocenters. The number of rotatable bonds is 3. The molecule has 2 heterocycles.